The SMILES string of the molecule is CCCS(=O)(=O)N1CCC(C)(N2CCCCC2)CC1. The number of sulfonamides is 1. The summed E-state index contributed by atoms with van der Waals surface area (Å²) in [7, 11) is -3.00. The van der Waals surface area contributed by atoms with Gasteiger partial charge in [0.05, 0.1) is 5.75 Å². The largest absolute Gasteiger partial charge is 0.298 e. The molecule has 2 heterocycles. The van der Waals surface area contributed by atoms with Crippen LogP contribution in [0.2, 0.25) is 0 Å². The van der Waals surface area contributed by atoms with Gasteiger partial charge < -0.3 is 0 Å². The molecule has 2 saturated heterocycles. The zero-order chi connectivity index (χ0) is 13.9. The summed E-state index contributed by atoms with van der Waals surface area (Å²) in [6, 6.07) is 0. The second-order valence-electron chi connectivity index (χ2n) is 6.26. The Labute approximate surface area is 118 Å². The monoisotopic (exact) mass is 288 g/mol. The molecule has 0 N–H and O–H groups in total. The topological polar surface area (TPSA) is 40.6 Å². The van der Waals surface area contributed by atoms with E-state index in [1.807, 2.05) is 6.92 Å². The van der Waals surface area contributed by atoms with Crippen molar-refractivity contribution in [3.63, 3.8) is 0 Å². The zero-order valence-electron chi connectivity index (χ0n) is 12.4. The van der Waals surface area contributed by atoms with Crippen molar-refractivity contribution in [2.75, 3.05) is 31.9 Å². The van der Waals surface area contributed by atoms with Gasteiger partial charge >= 0.3 is 0 Å². The maximum absolute atomic E-state index is 12.1. The molecule has 19 heavy (non-hydrogen) atoms. The van der Waals surface area contributed by atoms with Crippen molar-refractivity contribution < 1.29 is 8.42 Å². The Kier molecular flexibility index (Phi) is 4.90. The van der Waals surface area contributed by atoms with Gasteiger partial charge in [0.25, 0.3) is 0 Å². The van der Waals surface area contributed by atoms with Crippen LogP contribution in [0.15, 0.2) is 0 Å². The first-order chi connectivity index (χ1) is 8.98. The van der Waals surface area contributed by atoms with Crippen molar-refractivity contribution in [3.05, 3.63) is 0 Å². The van der Waals surface area contributed by atoms with Crippen LogP contribution in [-0.2, 0) is 10.0 Å². The smallest absolute Gasteiger partial charge is 0.214 e. The molecule has 2 aliphatic rings. The number of hydrogen-bond donors (Lipinski definition) is 0. The van der Waals surface area contributed by atoms with E-state index in [9.17, 15) is 8.42 Å². The minimum absolute atomic E-state index is 0.221. The fraction of sp³-hybridized carbons (Fsp3) is 1.00. The van der Waals surface area contributed by atoms with Crippen molar-refractivity contribution in [3.8, 4) is 0 Å². The predicted molar refractivity (Wildman–Crippen MR) is 78.7 cm³/mol. The van der Waals surface area contributed by atoms with Gasteiger partial charge in [0.1, 0.15) is 0 Å². The lowest BCUT2D eigenvalue weighted by molar-refractivity contribution is 0.0390. The van der Waals surface area contributed by atoms with Crippen LogP contribution in [0, 0.1) is 0 Å². The van der Waals surface area contributed by atoms with Crippen molar-refractivity contribution >= 4 is 10.0 Å². The first-order valence-electron chi connectivity index (χ1n) is 7.71. The first-order valence-corrected chi connectivity index (χ1v) is 9.32. The summed E-state index contributed by atoms with van der Waals surface area (Å²) in [6.45, 7) is 8.04. The lowest BCUT2D eigenvalue weighted by Crippen LogP contribution is -2.55. The predicted octanol–water partition coefficient (Wildman–Crippen LogP) is 2.07. The van der Waals surface area contributed by atoms with E-state index in [1.165, 1.54) is 32.4 Å². The Bertz CT molecular complexity index is 380. The second kappa shape index (κ2) is 6.10. The molecule has 0 spiro atoms. The fourth-order valence-electron chi connectivity index (χ4n) is 3.38. The third kappa shape index (κ3) is 3.50. The van der Waals surface area contributed by atoms with E-state index in [-0.39, 0.29) is 5.54 Å². The Morgan fingerprint density at radius 3 is 2.11 bits per heavy atom. The molecule has 0 bridgehead atoms. The highest BCUT2D eigenvalue weighted by Crippen LogP contribution is 2.32. The summed E-state index contributed by atoms with van der Waals surface area (Å²) in [5, 5.41) is 0. The molecule has 0 saturated carbocycles. The van der Waals surface area contributed by atoms with Gasteiger partial charge in [-0.05, 0) is 52.1 Å². The van der Waals surface area contributed by atoms with Crippen LogP contribution in [0.4, 0.5) is 0 Å². The number of nitrogens with zero attached hydrogens (tertiary/aromatic N) is 2. The highest BCUT2D eigenvalue weighted by atomic mass is 32.2. The molecule has 2 aliphatic heterocycles. The molecule has 0 atom stereocenters. The minimum Gasteiger partial charge on any atom is -0.298 e. The maximum Gasteiger partial charge on any atom is 0.214 e. The molecule has 4 nitrogen and oxygen atoms in total. The summed E-state index contributed by atoms with van der Waals surface area (Å²) in [6.07, 6.45) is 6.62. The molecule has 112 valence electrons. The van der Waals surface area contributed by atoms with E-state index >= 15 is 0 Å². The quantitative estimate of drug-likeness (QED) is 0.795. The normalized spacial score (nSPS) is 26.4. The molecule has 0 aliphatic carbocycles. The van der Waals surface area contributed by atoms with Crippen LogP contribution in [0.1, 0.15) is 52.4 Å². The number of rotatable bonds is 4. The third-order valence-electron chi connectivity index (χ3n) is 4.77. The molecule has 0 aromatic heterocycles. The van der Waals surface area contributed by atoms with Gasteiger partial charge in [-0.15, -0.1) is 0 Å². The van der Waals surface area contributed by atoms with Gasteiger partial charge in [-0.3, -0.25) is 4.90 Å². The Balaban J connectivity index is 1.94. The Morgan fingerprint density at radius 1 is 1.00 bits per heavy atom. The molecular weight excluding hydrogens is 260 g/mol. The van der Waals surface area contributed by atoms with Gasteiger partial charge in [-0.25, -0.2) is 12.7 Å². The number of piperidine rings is 2. The van der Waals surface area contributed by atoms with Crippen LogP contribution >= 0.6 is 0 Å². The minimum atomic E-state index is -3.00. The van der Waals surface area contributed by atoms with E-state index in [1.54, 1.807) is 4.31 Å². The standard InChI is InChI=1S/C14H28N2O2S/c1-3-13-19(17,18)16-11-7-14(2,8-12-16)15-9-5-4-6-10-15/h3-13H2,1-2H3. The highest BCUT2D eigenvalue weighted by Gasteiger charge is 2.38. The number of hydrogen-bond acceptors (Lipinski definition) is 3. The Morgan fingerprint density at radius 2 is 1.58 bits per heavy atom. The van der Waals surface area contributed by atoms with Gasteiger partial charge in [-0.2, -0.15) is 0 Å². The van der Waals surface area contributed by atoms with Crippen LogP contribution in [0.5, 0.6) is 0 Å². The van der Waals surface area contributed by atoms with Crippen LogP contribution in [-0.4, -0.2) is 55.1 Å². The molecule has 0 aromatic carbocycles. The highest BCUT2D eigenvalue weighted by molar-refractivity contribution is 7.89. The van der Waals surface area contributed by atoms with Crippen LogP contribution in [0.25, 0.3) is 0 Å². The van der Waals surface area contributed by atoms with E-state index in [4.69, 9.17) is 0 Å². The summed E-state index contributed by atoms with van der Waals surface area (Å²) < 4.78 is 25.9. The van der Waals surface area contributed by atoms with E-state index in [2.05, 4.69) is 11.8 Å². The van der Waals surface area contributed by atoms with Gasteiger partial charge in [-0.1, -0.05) is 13.3 Å². The third-order valence-corrected chi connectivity index (χ3v) is 6.85. The van der Waals surface area contributed by atoms with Gasteiger partial charge in [0.15, 0.2) is 0 Å². The summed E-state index contributed by atoms with van der Waals surface area (Å²) in [4.78, 5) is 2.60. The molecular formula is C14H28N2O2S. The van der Waals surface area contributed by atoms with Crippen molar-refractivity contribution in [1.29, 1.82) is 0 Å². The van der Waals surface area contributed by atoms with E-state index in [0.717, 1.165) is 12.8 Å². The van der Waals surface area contributed by atoms with Crippen LogP contribution in [0.3, 0.4) is 0 Å². The van der Waals surface area contributed by atoms with Gasteiger partial charge in [0, 0.05) is 18.6 Å². The maximum atomic E-state index is 12.1. The summed E-state index contributed by atoms with van der Waals surface area (Å²) >= 11 is 0. The average molecular weight is 288 g/mol. The van der Waals surface area contributed by atoms with Crippen molar-refractivity contribution in [2.24, 2.45) is 0 Å². The molecule has 0 aromatic rings. The van der Waals surface area contributed by atoms with Gasteiger partial charge in [0.2, 0.25) is 10.0 Å². The summed E-state index contributed by atoms with van der Waals surface area (Å²) in [5.41, 5.74) is 0.221. The van der Waals surface area contributed by atoms with Crippen molar-refractivity contribution in [2.45, 2.75) is 57.9 Å². The van der Waals surface area contributed by atoms with Crippen LogP contribution < -0.4 is 0 Å². The molecule has 2 rings (SSSR count). The molecule has 0 radical (unpaired) electrons. The summed E-state index contributed by atoms with van der Waals surface area (Å²) in [5.74, 6) is 0.299. The molecule has 0 amide bonds. The lowest BCUT2D eigenvalue weighted by Gasteiger charge is -2.48. The Hall–Kier alpha value is -0.130. The lowest BCUT2D eigenvalue weighted by atomic mass is 9.87. The first kappa shape index (κ1) is 15.3. The number of likely N-dealkylation sites (tertiary alicyclic amines) is 1. The zero-order valence-corrected chi connectivity index (χ0v) is 13.2. The molecule has 2 fully saturated rings. The van der Waals surface area contributed by atoms with E-state index in [0.29, 0.717) is 25.3 Å². The second-order valence-corrected chi connectivity index (χ2v) is 8.35. The average Bonchev–Trinajstić information content (AvgIpc) is 2.40. The fourth-order valence-corrected chi connectivity index (χ4v) is 4.90. The van der Waals surface area contributed by atoms with Crippen molar-refractivity contribution in [1.82, 2.24) is 9.21 Å². The molecule has 5 heteroatoms. The molecule has 0 unspecified atom stereocenters. The van der Waals surface area contributed by atoms with E-state index < -0.39 is 10.0 Å².